The largest absolute Gasteiger partial charge is 0.477 e. The first-order chi connectivity index (χ1) is 17.8. The number of fused-ring (bicyclic) bond motifs is 2. The number of amides is 1. The Morgan fingerprint density at radius 2 is 1.89 bits per heavy atom. The number of carbonyl (C=O) groups is 2. The zero-order chi connectivity index (χ0) is 25.8. The van der Waals surface area contributed by atoms with Crippen LogP contribution < -0.4 is 10.5 Å². The average Bonchev–Trinajstić information content (AvgIpc) is 3.53. The average molecular weight is 506 g/mol. The van der Waals surface area contributed by atoms with Crippen molar-refractivity contribution < 1.29 is 23.8 Å². The molecule has 0 bridgehead atoms. The van der Waals surface area contributed by atoms with Crippen molar-refractivity contribution in [2.24, 2.45) is 5.92 Å². The second-order valence-corrected chi connectivity index (χ2v) is 10.3. The number of benzene rings is 1. The van der Waals surface area contributed by atoms with Crippen LogP contribution in [0.15, 0.2) is 47.4 Å². The van der Waals surface area contributed by atoms with Gasteiger partial charge in [0.1, 0.15) is 12.2 Å². The maximum Gasteiger partial charge on any atom is 0.410 e. The van der Waals surface area contributed by atoms with E-state index >= 15 is 4.39 Å². The molecule has 0 spiro atoms. The summed E-state index contributed by atoms with van der Waals surface area (Å²) >= 11 is 0. The molecule has 0 unspecified atom stereocenters. The molecule has 3 aliphatic rings. The minimum atomic E-state index is -1.31. The lowest BCUT2D eigenvalue weighted by Gasteiger charge is -2.27. The van der Waals surface area contributed by atoms with Gasteiger partial charge >= 0.3 is 12.1 Å². The van der Waals surface area contributed by atoms with E-state index < -0.39 is 17.3 Å². The number of nitrogens with zero attached hydrogens (tertiary/aromatic N) is 3. The summed E-state index contributed by atoms with van der Waals surface area (Å²) in [7, 11) is 0. The standard InChI is InChI=1S/C28H28FN3O5/c1-16-24-20(18-7-8-18)11-21(27(34)35)26(33)32(24)13-22(29)25(16)30-12-19-9-10-31(23(19)14-30)28(36)37-15-17-5-3-2-4-6-17/h2-6,11,13,18-19,23H,7-10,12,14-15H2,1H3,(H,34,35)/t19-,23+/m1/s1. The monoisotopic (exact) mass is 505 g/mol. The number of rotatable bonds is 5. The van der Waals surface area contributed by atoms with Crippen LogP contribution in [0.5, 0.6) is 0 Å². The van der Waals surface area contributed by atoms with Gasteiger partial charge in [-0.2, -0.15) is 0 Å². The molecule has 37 heavy (non-hydrogen) atoms. The summed E-state index contributed by atoms with van der Waals surface area (Å²) in [5.41, 5.74) is 2.25. The fourth-order valence-electron chi connectivity index (χ4n) is 6.06. The first kappa shape index (κ1) is 23.5. The van der Waals surface area contributed by atoms with Crippen molar-refractivity contribution in [2.45, 2.75) is 44.8 Å². The molecule has 1 saturated carbocycles. The van der Waals surface area contributed by atoms with Crippen LogP contribution in [0.2, 0.25) is 0 Å². The van der Waals surface area contributed by atoms with Gasteiger partial charge in [-0.15, -0.1) is 0 Å². The van der Waals surface area contributed by atoms with E-state index in [-0.39, 0.29) is 36.1 Å². The van der Waals surface area contributed by atoms with E-state index in [2.05, 4.69) is 0 Å². The lowest BCUT2D eigenvalue weighted by Crippen LogP contribution is -2.40. The Balaban J connectivity index is 1.29. The summed E-state index contributed by atoms with van der Waals surface area (Å²) < 4.78 is 22.3. The summed E-state index contributed by atoms with van der Waals surface area (Å²) in [6.45, 7) is 3.66. The highest BCUT2D eigenvalue weighted by atomic mass is 19.1. The number of aryl methyl sites for hydroxylation is 1. The maximum atomic E-state index is 15.6. The number of ether oxygens (including phenoxy) is 1. The lowest BCUT2D eigenvalue weighted by molar-refractivity contribution is 0.0694. The summed E-state index contributed by atoms with van der Waals surface area (Å²) in [5.74, 6) is -1.53. The Kier molecular flexibility index (Phi) is 5.66. The number of carboxylic acids is 1. The number of aromatic nitrogens is 1. The Bertz CT molecular complexity index is 1470. The Morgan fingerprint density at radius 1 is 1.14 bits per heavy atom. The third kappa shape index (κ3) is 4.02. The number of carboxylic acid groups (broad SMARTS) is 1. The van der Waals surface area contributed by atoms with Gasteiger partial charge in [-0.3, -0.25) is 9.20 Å². The molecular formula is C28H28FN3O5. The number of hydrogen-bond donors (Lipinski definition) is 1. The second-order valence-electron chi connectivity index (χ2n) is 10.3. The molecule has 2 saturated heterocycles. The van der Waals surface area contributed by atoms with Crippen LogP contribution in [0.1, 0.15) is 52.2 Å². The van der Waals surface area contributed by atoms with E-state index in [9.17, 15) is 19.5 Å². The SMILES string of the molecule is Cc1c(N2C[C@H]3CCN(C(=O)OCc4ccccc4)[C@H]3C2)c(F)cn2c(=O)c(C(=O)O)cc(C3CC3)c12. The third-order valence-corrected chi connectivity index (χ3v) is 7.99. The van der Waals surface area contributed by atoms with Crippen LogP contribution >= 0.6 is 0 Å². The highest BCUT2D eigenvalue weighted by Crippen LogP contribution is 2.44. The van der Waals surface area contributed by atoms with E-state index in [1.165, 1.54) is 6.07 Å². The maximum absolute atomic E-state index is 15.6. The molecule has 3 aromatic rings. The van der Waals surface area contributed by atoms with Crippen LogP contribution in [0.25, 0.3) is 5.52 Å². The first-order valence-electron chi connectivity index (χ1n) is 12.7. The van der Waals surface area contributed by atoms with E-state index in [1.54, 1.807) is 11.8 Å². The van der Waals surface area contributed by atoms with Crippen LogP contribution in [0.3, 0.4) is 0 Å². The molecular weight excluding hydrogens is 477 g/mol. The zero-order valence-electron chi connectivity index (χ0n) is 20.5. The Labute approximate surface area is 212 Å². The number of aromatic carboxylic acids is 1. The number of halogens is 1. The molecule has 1 aromatic carbocycles. The van der Waals surface area contributed by atoms with Crippen molar-refractivity contribution in [3.8, 4) is 0 Å². The second kappa shape index (κ2) is 8.90. The van der Waals surface area contributed by atoms with E-state index in [1.807, 2.05) is 35.2 Å². The summed E-state index contributed by atoms with van der Waals surface area (Å²) in [6.07, 6.45) is 3.39. The van der Waals surface area contributed by atoms with Crippen LogP contribution in [0, 0.1) is 18.7 Å². The molecule has 192 valence electrons. The van der Waals surface area contributed by atoms with Gasteiger partial charge in [0.15, 0.2) is 5.82 Å². The smallest absolute Gasteiger partial charge is 0.410 e. The summed E-state index contributed by atoms with van der Waals surface area (Å²) in [4.78, 5) is 41.2. The van der Waals surface area contributed by atoms with E-state index in [0.29, 0.717) is 36.4 Å². The van der Waals surface area contributed by atoms with Crippen molar-refractivity contribution in [2.75, 3.05) is 24.5 Å². The molecule has 3 fully saturated rings. The predicted molar refractivity (Wildman–Crippen MR) is 135 cm³/mol. The molecule has 2 aromatic heterocycles. The van der Waals surface area contributed by atoms with Gasteiger partial charge in [0, 0.05) is 25.6 Å². The Hall–Kier alpha value is -3.88. The number of likely N-dealkylation sites (tertiary alicyclic amines) is 1. The van der Waals surface area contributed by atoms with Gasteiger partial charge < -0.3 is 19.6 Å². The molecule has 1 amide bonds. The fourth-order valence-corrected chi connectivity index (χ4v) is 6.06. The van der Waals surface area contributed by atoms with E-state index in [0.717, 1.165) is 41.0 Å². The third-order valence-electron chi connectivity index (χ3n) is 7.99. The minimum Gasteiger partial charge on any atom is -0.477 e. The normalized spacial score (nSPS) is 20.9. The van der Waals surface area contributed by atoms with Gasteiger partial charge in [0.05, 0.1) is 23.4 Å². The topological polar surface area (TPSA) is 91.6 Å². The minimum absolute atomic E-state index is 0.0854. The molecule has 8 nitrogen and oxygen atoms in total. The van der Waals surface area contributed by atoms with Crippen molar-refractivity contribution in [1.29, 1.82) is 0 Å². The number of carbonyl (C=O) groups excluding carboxylic acids is 1. The molecule has 1 N–H and O–H groups in total. The first-order valence-corrected chi connectivity index (χ1v) is 12.7. The lowest BCUT2D eigenvalue weighted by atomic mass is 10.0. The fraction of sp³-hybridized carbons (Fsp3) is 0.393. The van der Waals surface area contributed by atoms with E-state index in [4.69, 9.17) is 4.74 Å². The van der Waals surface area contributed by atoms with Crippen molar-refractivity contribution in [3.63, 3.8) is 0 Å². The summed E-state index contributed by atoms with van der Waals surface area (Å²) in [6, 6.07) is 10.9. The molecule has 1 aliphatic carbocycles. The van der Waals surface area contributed by atoms with Gasteiger partial charge in [0.2, 0.25) is 0 Å². The van der Waals surface area contributed by atoms with Gasteiger partial charge in [-0.1, -0.05) is 30.3 Å². The van der Waals surface area contributed by atoms with Crippen molar-refractivity contribution in [3.05, 3.63) is 81.0 Å². The highest BCUT2D eigenvalue weighted by Gasteiger charge is 2.45. The molecule has 2 atom stereocenters. The molecule has 2 aliphatic heterocycles. The number of hydrogen-bond acceptors (Lipinski definition) is 5. The Morgan fingerprint density at radius 3 is 2.59 bits per heavy atom. The highest BCUT2D eigenvalue weighted by molar-refractivity contribution is 5.89. The number of pyridine rings is 2. The van der Waals surface area contributed by atoms with Crippen molar-refractivity contribution in [1.82, 2.24) is 9.30 Å². The molecule has 0 radical (unpaired) electrons. The van der Waals surface area contributed by atoms with Gasteiger partial charge in [-0.05, 0) is 54.9 Å². The summed E-state index contributed by atoms with van der Waals surface area (Å²) in [5, 5.41) is 9.52. The van der Waals surface area contributed by atoms with Crippen LogP contribution in [-0.2, 0) is 11.3 Å². The molecule has 4 heterocycles. The van der Waals surface area contributed by atoms with Crippen LogP contribution in [-0.4, -0.2) is 52.1 Å². The zero-order valence-corrected chi connectivity index (χ0v) is 20.5. The van der Waals surface area contributed by atoms with Gasteiger partial charge in [-0.25, -0.2) is 14.0 Å². The molecule has 9 heteroatoms. The van der Waals surface area contributed by atoms with Gasteiger partial charge in [0.25, 0.3) is 5.56 Å². The van der Waals surface area contributed by atoms with Crippen LogP contribution in [0.4, 0.5) is 14.9 Å². The molecule has 6 rings (SSSR count). The van der Waals surface area contributed by atoms with Crippen molar-refractivity contribution >= 4 is 23.3 Å². The quantitative estimate of drug-likeness (QED) is 0.560. The predicted octanol–water partition coefficient (Wildman–Crippen LogP) is 4.17. The number of anilines is 1.